The van der Waals surface area contributed by atoms with Crippen molar-refractivity contribution in [3.8, 4) is 5.75 Å². The number of nitrogens with one attached hydrogen (secondary N) is 3. The van der Waals surface area contributed by atoms with E-state index in [1.54, 1.807) is 19.3 Å². The van der Waals surface area contributed by atoms with Gasteiger partial charge in [0.1, 0.15) is 23.1 Å². The van der Waals surface area contributed by atoms with Crippen LogP contribution >= 0.6 is 0 Å². The molecule has 8 nitrogen and oxygen atoms in total. The molecular formula is C22H26F3N7O. The SMILES string of the molecule is CNC1(C)C=C(Nc2cccc(OC(F)(F)F)c2)NC(N2CCN(c3ccccn3)CC2)=N1. The van der Waals surface area contributed by atoms with Crippen LogP contribution < -0.4 is 25.6 Å². The number of aliphatic imine (C=N–C) groups is 1. The maximum absolute atomic E-state index is 12.6. The monoisotopic (exact) mass is 461 g/mol. The summed E-state index contributed by atoms with van der Waals surface area (Å²) in [5.41, 5.74) is -0.239. The average molecular weight is 461 g/mol. The summed E-state index contributed by atoms with van der Waals surface area (Å²) in [5.74, 6) is 1.94. The molecule has 1 unspecified atom stereocenters. The Morgan fingerprint density at radius 2 is 1.82 bits per heavy atom. The molecule has 0 aliphatic carbocycles. The van der Waals surface area contributed by atoms with Crippen LogP contribution in [0.5, 0.6) is 5.75 Å². The summed E-state index contributed by atoms with van der Waals surface area (Å²) in [5, 5.41) is 9.58. The molecule has 2 aliphatic heterocycles. The third-order valence-corrected chi connectivity index (χ3v) is 5.42. The summed E-state index contributed by atoms with van der Waals surface area (Å²) in [6.07, 6.45) is -1.12. The van der Waals surface area contributed by atoms with E-state index in [1.807, 2.05) is 31.2 Å². The molecule has 1 saturated heterocycles. The highest BCUT2D eigenvalue weighted by atomic mass is 19.4. The van der Waals surface area contributed by atoms with Crippen LogP contribution in [0.15, 0.2) is 65.6 Å². The van der Waals surface area contributed by atoms with Gasteiger partial charge >= 0.3 is 6.36 Å². The molecule has 2 aromatic rings. The predicted molar refractivity (Wildman–Crippen MR) is 121 cm³/mol. The number of ether oxygens (including phenoxy) is 1. The first-order valence-electron chi connectivity index (χ1n) is 10.6. The number of alkyl halides is 3. The highest BCUT2D eigenvalue weighted by molar-refractivity contribution is 5.84. The Kier molecular flexibility index (Phi) is 6.32. The van der Waals surface area contributed by atoms with Crippen molar-refractivity contribution in [3.63, 3.8) is 0 Å². The van der Waals surface area contributed by atoms with Gasteiger partial charge in [-0.1, -0.05) is 12.1 Å². The van der Waals surface area contributed by atoms with Crippen molar-refractivity contribution in [1.82, 2.24) is 20.5 Å². The molecule has 0 radical (unpaired) electrons. The Hall–Kier alpha value is -3.47. The Labute approximate surface area is 190 Å². The number of piperazine rings is 1. The van der Waals surface area contributed by atoms with Crippen molar-refractivity contribution in [2.45, 2.75) is 18.9 Å². The minimum absolute atomic E-state index is 0.292. The van der Waals surface area contributed by atoms with E-state index >= 15 is 0 Å². The number of aromatic nitrogens is 1. The fourth-order valence-electron chi connectivity index (χ4n) is 3.68. The number of guanidine groups is 1. The molecule has 0 bridgehead atoms. The zero-order valence-electron chi connectivity index (χ0n) is 18.4. The fourth-order valence-corrected chi connectivity index (χ4v) is 3.68. The van der Waals surface area contributed by atoms with E-state index in [0.29, 0.717) is 17.5 Å². The van der Waals surface area contributed by atoms with Crippen LogP contribution in [0, 0.1) is 0 Å². The first-order chi connectivity index (χ1) is 15.7. The lowest BCUT2D eigenvalue weighted by Crippen LogP contribution is -2.56. The second kappa shape index (κ2) is 9.18. The van der Waals surface area contributed by atoms with Gasteiger partial charge in [0, 0.05) is 44.1 Å². The van der Waals surface area contributed by atoms with E-state index in [4.69, 9.17) is 4.99 Å². The van der Waals surface area contributed by atoms with Gasteiger partial charge in [-0.2, -0.15) is 0 Å². The molecular weight excluding hydrogens is 435 g/mol. The molecule has 2 aliphatic rings. The van der Waals surface area contributed by atoms with Gasteiger partial charge < -0.3 is 25.2 Å². The number of hydrogen-bond donors (Lipinski definition) is 3. The third kappa shape index (κ3) is 5.86. The first-order valence-corrected chi connectivity index (χ1v) is 10.6. The molecule has 0 saturated carbocycles. The fraction of sp³-hybridized carbons (Fsp3) is 0.364. The molecule has 1 aromatic carbocycles. The van der Waals surface area contributed by atoms with E-state index in [2.05, 4.69) is 35.5 Å². The first kappa shape index (κ1) is 22.7. The molecule has 176 valence electrons. The van der Waals surface area contributed by atoms with Gasteiger partial charge in [0.25, 0.3) is 0 Å². The van der Waals surface area contributed by atoms with Crippen LogP contribution in [0.25, 0.3) is 0 Å². The highest BCUT2D eigenvalue weighted by Crippen LogP contribution is 2.26. The summed E-state index contributed by atoms with van der Waals surface area (Å²) in [6, 6.07) is 11.6. The van der Waals surface area contributed by atoms with Crippen molar-refractivity contribution < 1.29 is 17.9 Å². The van der Waals surface area contributed by atoms with E-state index in [1.165, 1.54) is 18.2 Å². The second-order valence-electron chi connectivity index (χ2n) is 7.88. The molecule has 3 heterocycles. The van der Waals surface area contributed by atoms with Crippen LogP contribution in [-0.2, 0) is 0 Å². The number of anilines is 2. The quantitative estimate of drug-likeness (QED) is 0.632. The molecule has 33 heavy (non-hydrogen) atoms. The molecule has 0 amide bonds. The van der Waals surface area contributed by atoms with E-state index in [9.17, 15) is 13.2 Å². The standard InChI is InChI=1S/C22H26F3N7O/c1-21(26-2)15-18(28-16-6-5-7-17(14-16)33-22(23,24)25)29-20(30-21)32-12-10-31(11-13-32)19-8-3-4-9-27-19/h3-9,14-15,26,28H,10-13H2,1-2H3,(H,29,30). The molecule has 1 atom stereocenters. The minimum atomic E-state index is -4.75. The average Bonchev–Trinajstić information content (AvgIpc) is 2.78. The molecule has 4 rings (SSSR count). The van der Waals surface area contributed by atoms with E-state index < -0.39 is 12.0 Å². The van der Waals surface area contributed by atoms with E-state index in [-0.39, 0.29) is 5.75 Å². The van der Waals surface area contributed by atoms with E-state index in [0.717, 1.165) is 32.0 Å². The number of nitrogens with zero attached hydrogens (tertiary/aromatic N) is 4. The smallest absolute Gasteiger partial charge is 0.406 e. The predicted octanol–water partition coefficient (Wildman–Crippen LogP) is 2.95. The molecule has 11 heteroatoms. The lowest BCUT2D eigenvalue weighted by molar-refractivity contribution is -0.274. The summed E-state index contributed by atoms with van der Waals surface area (Å²) in [6.45, 7) is 4.98. The van der Waals surface area contributed by atoms with Gasteiger partial charge in [0.15, 0.2) is 0 Å². The van der Waals surface area contributed by atoms with Crippen molar-refractivity contribution in [2.75, 3.05) is 43.4 Å². The number of rotatable bonds is 5. The zero-order chi connectivity index (χ0) is 23.5. The van der Waals surface area contributed by atoms with Gasteiger partial charge in [-0.3, -0.25) is 5.32 Å². The number of hydrogen-bond acceptors (Lipinski definition) is 8. The van der Waals surface area contributed by atoms with Crippen LogP contribution in [0.2, 0.25) is 0 Å². The lowest BCUT2D eigenvalue weighted by atomic mass is 10.1. The van der Waals surface area contributed by atoms with Crippen molar-refractivity contribution >= 4 is 17.5 Å². The Morgan fingerprint density at radius 3 is 2.48 bits per heavy atom. The zero-order valence-corrected chi connectivity index (χ0v) is 18.4. The normalized spacial score (nSPS) is 21.1. The lowest BCUT2D eigenvalue weighted by Gasteiger charge is -2.40. The number of benzene rings is 1. The maximum Gasteiger partial charge on any atom is 0.573 e. The van der Waals surface area contributed by atoms with Gasteiger partial charge in [0.05, 0.1) is 0 Å². The maximum atomic E-state index is 12.6. The number of pyridine rings is 1. The molecule has 3 N–H and O–H groups in total. The van der Waals surface area contributed by atoms with Gasteiger partial charge in [-0.15, -0.1) is 13.2 Å². The van der Waals surface area contributed by atoms with Crippen molar-refractivity contribution in [2.24, 2.45) is 4.99 Å². The summed E-state index contributed by atoms with van der Waals surface area (Å²) in [7, 11) is 1.80. The summed E-state index contributed by atoms with van der Waals surface area (Å²) in [4.78, 5) is 13.6. The molecule has 1 fully saturated rings. The van der Waals surface area contributed by atoms with Gasteiger partial charge in [0.2, 0.25) is 5.96 Å². The Bertz CT molecular complexity index is 1020. The Balaban J connectivity index is 1.45. The van der Waals surface area contributed by atoms with Gasteiger partial charge in [-0.25, -0.2) is 9.98 Å². The summed E-state index contributed by atoms with van der Waals surface area (Å²) < 4.78 is 41.7. The van der Waals surface area contributed by atoms with Crippen molar-refractivity contribution in [1.29, 1.82) is 0 Å². The van der Waals surface area contributed by atoms with Crippen LogP contribution in [0.1, 0.15) is 6.92 Å². The summed E-state index contributed by atoms with van der Waals surface area (Å²) >= 11 is 0. The second-order valence-corrected chi connectivity index (χ2v) is 7.88. The van der Waals surface area contributed by atoms with Crippen molar-refractivity contribution in [3.05, 3.63) is 60.6 Å². The van der Waals surface area contributed by atoms with Crippen LogP contribution in [-0.4, -0.2) is 61.1 Å². The topological polar surface area (TPSA) is 77.0 Å². The largest absolute Gasteiger partial charge is 0.573 e. The van der Waals surface area contributed by atoms with Crippen LogP contribution in [0.3, 0.4) is 0 Å². The molecule has 0 spiro atoms. The number of halogens is 3. The number of likely N-dealkylation sites (N-methyl/N-ethyl adjacent to an activating group) is 1. The minimum Gasteiger partial charge on any atom is -0.406 e. The van der Waals surface area contributed by atoms with Crippen LogP contribution in [0.4, 0.5) is 24.7 Å². The Morgan fingerprint density at radius 1 is 1.06 bits per heavy atom. The highest BCUT2D eigenvalue weighted by Gasteiger charge is 2.32. The third-order valence-electron chi connectivity index (χ3n) is 5.42. The van der Waals surface area contributed by atoms with Gasteiger partial charge in [-0.05, 0) is 44.3 Å². The molecule has 1 aromatic heterocycles.